The standard InChI is InChI=1S/C14H18ClN3O/c15-8-4-5-9-17-10-11-18(14(17)19)16-12-13-6-2-1-3-7-13/h1-3,6-7,12H,4-5,8-11H2/b16-12+. The molecule has 1 aromatic rings. The molecule has 0 spiro atoms. The topological polar surface area (TPSA) is 35.9 Å². The van der Waals surface area contributed by atoms with Crippen LogP contribution in [0.2, 0.25) is 0 Å². The number of carbonyl (C=O) groups is 1. The minimum atomic E-state index is -0.0123. The number of hydrogen-bond donors (Lipinski definition) is 0. The Kier molecular flexibility index (Phi) is 5.21. The van der Waals surface area contributed by atoms with Crippen LogP contribution < -0.4 is 0 Å². The summed E-state index contributed by atoms with van der Waals surface area (Å²) in [6.45, 7) is 2.17. The number of rotatable bonds is 6. The average Bonchev–Trinajstić information content (AvgIpc) is 2.79. The quantitative estimate of drug-likeness (QED) is 0.448. The lowest BCUT2D eigenvalue weighted by atomic mass is 10.2. The van der Waals surface area contributed by atoms with Crippen molar-refractivity contribution < 1.29 is 4.79 Å². The predicted molar refractivity (Wildman–Crippen MR) is 77.7 cm³/mol. The lowest BCUT2D eigenvalue weighted by Crippen LogP contribution is -2.30. The fourth-order valence-corrected chi connectivity index (χ4v) is 2.15. The number of hydrazone groups is 1. The number of carbonyl (C=O) groups excluding carboxylic acids is 1. The second-order valence-corrected chi connectivity index (χ2v) is 4.82. The first-order valence-electron chi connectivity index (χ1n) is 6.52. The highest BCUT2D eigenvalue weighted by molar-refractivity contribution is 6.17. The number of halogens is 1. The lowest BCUT2D eigenvalue weighted by molar-refractivity contribution is 0.193. The first kappa shape index (κ1) is 13.9. The zero-order valence-electron chi connectivity index (χ0n) is 10.8. The number of urea groups is 1. The molecule has 2 amide bonds. The first-order valence-corrected chi connectivity index (χ1v) is 7.06. The van der Waals surface area contributed by atoms with E-state index in [4.69, 9.17) is 11.6 Å². The van der Waals surface area contributed by atoms with Gasteiger partial charge in [-0.05, 0) is 18.4 Å². The molecule has 0 saturated carbocycles. The highest BCUT2D eigenvalue weighted by Crippen LogP contribution is 2.10. The van der Waals surface area contributed by atoms with Gasteiger partial charge in [-0.3, -0.25) is 0 Å². The summed E-state index contributed by atoms with van der Waals surface area (Å²) in [6.07, 6.45) is 3.62. The summed E-state index contributed by atoms with van der Waals surface area (Å²) in [6, 6.07) is 9.76. The Morgan fingerprint density at radius 1 is 1.21 bits per heavy atom. The average molecular weight is 280 g/mol. The van der Waals surface area contributed by atoms with Crippen molar-refractivity contribution in [3.63, 3.8) is 0 Å². The number of nitrogens with zero attached hydrogens (tertiary/aromatic N) is 3. The molecule has 0 bridgehead atoms. The van der Waals surface area contributed by atoms with Crippen molar-refractivity contribution in [3.05, 3.63) is 35.9 Å². The van der Waals surface area contributed by atoms with Crippen molar-refractivity contribution in [2.75, 3.05) is 25.5 Å². The zero-order valence-corrected chi connectivity index (χ0v) is 11.6. The van der Waals surface area contributed by atoms with Crippen molar-refractivity contribution in [3.8, 4) is 0 Å². The van der Waals surface area contributed by atoms with Gasteiger partial charge in [0, 0.05) is 19.0 Å². The Hall–Kier alpha value is -1.55. The van der Waals surface area contributed by atoms with E-state index in [9.17, 15) is 4.79 Å². The van der Waals surface area contributed by atoms with E-state index in [1.165, 1.54) is 5.01 Å². The van der Waals surface area contributed by atoms with E-state index in [1.54, 1.807) is 6.21 Å². The molecule has 1 heterocycles. The summed E-state index contributed by atoms with van der Waals surface area (Å²) in [5, 5.41) is 5.77. The molecule has 1 saturated heterocycles. The van der Waals surface area contributed by atoms with Gasteiger partial charge in [-0.25, -0.2) is 9.80 Å². The van der Waals surface area contributed by atoms with Gasteiger partial charge in [0.2, 0.25) is 0 Å². The molecule has 4 nitrogen and oxygen atoms in total. The highest BCUT2D eigenvalue weighted by atomic mass is 35.5. The molecule has 2 rings (SSSR count). The smallest absolute Gasteiger partial charge is 0.321 e. The number of hydrogen-bond acceptors (Lipinski definition) is 2. The van der Waals surface area contributed by atoms with E-state index in [0.29, 0.717) is 12.4 Å². The van der Waals surface area contributed by atoms with Crippen LogP contribution in [-0.4, -0.2) is 47.7 Å². The fourth-order valence-electron chi connectivity index (χ4n) is 1.96. The molecular formula is C14H18ClN3O. The molecule has 1 fully saturated rings. The van der Waals surface area contributed by atoms with Gasteiger partial charge in [0.05, 0.1) is 12.8 Å². The maximum Gasteiger partial charge on any atom is 0.340 e. The summed E-state index contributed by atoms with van der Waals surface area (Å²) in [7, 11) is 0. The summed E-state index contributed by atoms with van der Waals surface area (Å²) in [5.41, 5.74) is 0.996. The SMILES string of the molecule is O=C1N(CCCCCl)CCN1/N=C/c1ccccc1. The number of alkyl halides is 1. The summed E-state index contributed by atoms with van der Waals surface area (Å²) in [4.78, 5) is 13.9. The molecule has 0 unspecified atom stereocenters. The molecule has 0 atom stereocenters. The Labute approximate surface area is 118 Å². The molecule has 5 heteroatoms. The molecule has 1 aliphatic heterocycles. The minimum absolute atomic E-state index is 0.0123. The summed E-state index contributed by atoms with van der Waals surface area (Å²) < 4.78 is 0. The van der Waals surface area contributed by atoms with E-state index in [0.717, 1.165) is 31.5 Å². The van der Waals surface area contributed by atoms with Gasteiger partial charge >= 0.3 is 6.03 Å². The van der Waals surface area contributed by atoms with Crippen molar-refractivity contribution in [1.29, 1.82) is 0 Å². The zero-order chi connectivity index (χ0) is 13.5. The van der Waals surface area contributed by atoms with Gasteiger partial charge in [0.15, 0.2) is 0 Å². The van der Waals surface area contributed by atoms with Crippen LogP contribution >= 0.6 is 11.6 Å². The third-order valence-corrected chi connectivity index (χ3v) is 3.30. The maximum atomic E-state index is 12.0. The minimum Gasteiger partial charge on any atom is -0.321 e. The molecule has 0 aliphatic carbocycles. The second-order valence-electron chi connectivity index (χ2n) is 4.44. The first-order chi connectivity index (χ1) is 9.31. The second kappa shape index (κ2) is 7.14. The van der Waals surface area contributed by atoms with Crippen LogP contribution in [0.5, 0.6) is 0 Å². The van der Waals surface area contributed by atoms with E-state index in [-0.39, 0.29) is 6.03 Å². The van der Waals surface area contributed by atoms with Crippen LogP contribution in [0.25, 0.3) is 0 Å². The number of amides is 2. The Balaban J connectivity index is 1.86. The maximum absolute atomic E-state index is 12.0. The van der Waals surface area contributed by atoms with Crippen LogP contribution in [0.1, 0.15) is 18.4 Å². The van der Waals surface area contributed by atoms with Crippen LogP contribution in [-0.2, 0) is 0 Å². The number of unbranched alkanes of at least 4 members (excludes halogenated alkanes) is 1. The van der Waals surface area contributed by atoms with E-state index in [1.807, 2.05) is 35.2 Å². The summed E-state index contributed by atoms with van der Waals surface area (Å²) in [5.74, 6) is 0.651. The monoisotopic (exact) mass is 279 g/mol. The molecule has 1 aromatic carbocycles. The number of benzene rings is 1. The molecular weight excluding hydrogens is 262 g/mol. The van der Waals surface area contributed by atoms with Gasteiger partial charge in [0.25, 0.3) is 0 Å². The normalized spacial score (nSPS) is 15.7. The third kappa shape index (κ3) is 3.96. The van der Waals surface area contributed by atoms with Crippen LogP contribution in [0.15, 0.2) is 35.4 Å². The third-order valence-electron chi connectivity index (χ3n) is 3.03. The van der Waals surface area contributed by atoms with Crippen molar-refractivity contribution in [2.45, 2.75) is 12.8 Å². The molecule has 102 valence electrons. The lowest BCUT2D eigenvalue weighted by Gasteiger charge is -2.14. The van der Waals surface area contributed by atoms with Gasteiger partial charge < -0.3 is 4.90 Å². The summed E-state index contributed by atoms with van der Waals surface area (Å²) >= 11 is 5.63. The van der Waals surface area contributed by atoms with Crippen molar-refractivity contribution in [1.82, 2.24) is 9.91 Å². The van der Waals surface area contributed by atoms with E-state index in [2.05, 4.69) is 5.10 Å². The Morgan fingerprint density at radius 2 is 2.00 bits per heavy atom. The largest absolute Gasteiger partial charge is 0.340 e. The predicted octanol–water partition coefficient (Wildman–Crippen LogP) is 2.78. The fraction of sp³-hybridized carbons (Fsp3) is 0.429. The van der Waals surface area contributed by atoms with Crippen molar-refractivity contribution in [2.24, 2.45) is 5.10 Å². The van der Waals surface area contributed by atoms with Gasteiger partial charge in [0.1, 0.15) is 0 Å². The Bertz CT molecular complexity index is 436. The van der Waals surface area contributed by atoms with Gasteiger partial charge in [-0.1, -0.05) is 30.3 Å². The van der Waals surface area contributed by atoms with Crippen LogP contribution in [0, 0.1) is 0 Å². The van der Waals surface area contributed by atoms with Gasteiger partial charge in [-0.2, -0.15) is 5.10 Å². The molecule has 0 aromatic heterocycles. The van der Waals surface area contributed by atoms with Gasteiger partial charge in [-0.15, -0.1) is 11.6 Å². The van der Waals surface area contributed by atoms with E-state index >= 15 is 0 Å². The van der Waals surface area contributed by atoms with Crippen LogP contribution in [0.3, 0.4) is 0 Å². The molecule has 0 radical (unpaired) electrons. The highest BCUT2D eigenvalue weighted by Gasteiger charge is 2.27. The molecule has 1 aliphatic rings. The Morgan fingerprint density at radius 3 is 2.74 bits per heavy atom. The van der Waals surface area contributed by atoms with Crippen molar-refractivity contribution >= 4 is 23.8 Å². The molecule has 19 heavy (non-hydrogen) atoms. The molecule has 0 N–H and O–H groups in total. The van der Waals surface area contributed by atoms with Crippen LogP contribution in [0.4, 0.5) is 4.79 Å². The van der Waals surface area contributed by atoms with E-state index < -0.39 is 0 Å².